The second-order valence-electron chi connectivity index (χ2n) is 9.96. The van der Waals surface area contributed by atoms with Gasteiger partial charge in [0.25, 0.3) is 5.56 Å². The summed E-state index contributed by atoms with van der Waals surface area (Å²) in [7, 11) is 1.57. The van der Waals surface area contributed by atoms with Crippen LogP contribution >= 0.6 is 11.3 Å². The molecule has 3 heterocycles. The normalized spacial score (nSPS) is 14.6. The first-order valence-corrected chi connectivity index (χ1v) is 14.5. The average Bonchev–Trinajstić information content (AvgIpc) is 3.60. The van der Waals surface area contributed by atoms with Crippen molar-refractivity contribution in [1.82, 2.24) is 14.3 Å². The summed E-state index contributed by atoms with van der Waals surface area (Å²) in [6.45, 7) is 5.38. The van der Waals surface area contributed by atoms with Crippen molar-refractivity contribution >= 4 is 23.4 Å². The number of esters is 1. The van der Waals surface area contributed by atoms with E-state index in [1.165, 1.54) is 34.1 Å². The molecule has 5 aromatic rings. The van der Waals surface area contributed by atoms with Gasteiger partial charge in [-0.05, 0) is 67.1 Å². The van der Waals surface area contributed by atoms with Gasteiger partial charge in [0.05, 0.1) is 34.6 Å². The molecule has 0 bridgehead atoms. The summed E-state index contributed by atoms with van der Waals surface area (Å²) in [6.07, 6.45) is 5.07. The van der Waals surface area contributed by atoms with Crippen LogP contribution in [-0.2, 0) is 9.53 Å². The third-order valence-electron chi connectivity index (χ3n) is 7.17. The van der Waals surface area contributed by atoms with Crippen molar-refractivity contribution in [2.75, 3.05) is 13.7 Å². The summed E-state index contributed by atoms with van der Waals surface area (Å²) in [4.78, 5) is 32.6. The lowest BCUT2D eigenvalue weighted by molar-refractivity contribution is -0.138. The maximum Gasteiger partial charge on any atom is 0.338 e. The first kappa shape index (κ1) is 28.8. The second kappa shape index (κ2) is 12.1. The SMILES string of the molecule is C=CCOC(=O)C1=C(C)N=c2s/c(=C\c3cn(-c4ccccc4)nc3-c3ccc(F)cc3)c(=O)n2[C@H]1c1ccc(OC)cc1. The molecule has 6 rings (SSSR count). The second-order valence-corrected chi connectivity index (χ2v) is 11.0. The lowest BCUT2D eigenvalue weighted by Gasteiger charge is -2.24. The third kappa shape index (κ3) is 5.43. The average molecular weight is 607 g/mol. The highest BCUT2D eigenvalue weighted by Crippen LogP contribution is 2.32. The van der Waals surface area contributed by atoms with Gasteiger partial charge in [0.15, 0.2) is 4.80 Å². The topological polar surface area (TPSA) is 87.7 Å². The van der Waals surface area contributed by atoms with Gasteiger partial charge in [-0.15, -0.1) is 0 Å². The molecule has 0 saturated carbocycles. The van der Waals surface area contributed by atoms with E-state index in [-0.39, 0.29) is 23.6 Å². The number of rotatable bonds is 8. The number of para-hydroxylation sites is 1. The van der Waals surface area contributed by atoms with Crippen LogP contribution in [0.4, 0.5) is 4.39 Å². The number of aromatic nitrogens is 3. The number of carbonyl (C=O) groups is 1. The van der Waals surface area contributed by atoms with E-state index < -0.39 is 12.0 Å². The van der Waals surface area contributed by atoms with E-state index in [2.05, 4.69) is 11.6 Å². The van der Waals surface area contributed by atoms with Crippen LogP contribution in [0.5, 0.6) is 5.75 Å². The van der Waals surface area contributed by atoms with Gasteiger partial charge >= 0.3 is 5.97 Å². The van der Waals surface area contributed by atoms with E-state index in [9.17, 15) is 14.0 Å². The number of methoxy groups -OCH3 is 1. The molecule has 0 radical (unpaired) electrons. The standard InChI is InChI=1S/C34H27FN4O4S/c1-4-18-43-33(41)29-21(2)36-34-39(31(29)23-12-16-27(42-3)17-13-23)32(40)28(44-34)19-24-20-38(26-8-6-5-7-9-26)37-30(24)22-10-14-25(35)15-11-22/h4-17,19-20,31H,1,18H2,2-3H3/b28-19-/t31-/m0/s1. The number of benzene rings is 3. The minimum atomic E-state index is -0.778. The fourth-order valence-electron chi connectivity index (χ4n) is 5.08. The van der Waals surface area contributed by atoms with E-state index in [0.717, 1.165) is 5.69 Å². The van der Waals surface area contributed by atoms with Gasteiger partial charge < -0.3 is 9.47 Å². The van der Waals surface area contributed by atoms with Crippen molar-refractivity contribution in [2.24, 2.45) is 4.99 Å². The summed E-state index contributed by atoms with van der Waals surface area (Å²) in [5, 5.41) is 4.79. The van der Waals surface area contributed by atoms with Crippen molar-refractivity contribution in [3.63, 3.8) is 0 Å². The number of thiazole rings is 1. The van der Waals surface area contributed by atoms with Crippen LogP contribution in [-0.4, -0.2) is 34.0 Å². The Morgan fingerprint density at radius 2 is 1.80 bits per heavy atom. The first-order valence-electron chi connectivity index (χ1n) is 13.7. The molecule has 0 N–H and O–H groups in total. The molecule has 44 heavy (non-hydrogen) atoms. The molecule has 1 atom stereocenters. The quantitative estimate of drug-likeness (QED) is 0.184. The molecule has 10 heteroatoms. The van der Waals surface area contributed by atoms with Gasteiger partial charge in [-0.1, -0.05) is 54.3 Å². The predicted octanol–water partition coefficient (Wildman–Crippen LogP) is 4.96. The molecular formula is C34H27FN4O4S. The van der Waals surface area contributed by atoms with E-state index >= 15 is 0 Å². The Kier molecular flexibility index (Phi) is 7.91. The highest BCUT2D eigenvalue weighted by molar-refractivity contribution is 7.07. The zero-order chi connectivity index (χ0) is 30.8. The molecular weight excluding hydrogens is 579 g/mol. The summed E-state index contributed by atoms with van der Waals surface area (Å²) in [5.74, 6) is -0.298. The molecule has 0 spiro atoms. The molecule has 220 valence electrons. The van der Waals surface area contributed by atoms with Crippen LogP contribution in [0.1, 0.15) is 24.1 Å². The lowest BCUT2D eigenvalue weighted by Crippen LogP contribution is -2.39. The molecule has 0 aliphatic carbocycles. The van der Waals surface area contributed by atoms with Gasteiger partial charge in [0, 0.05) is 17.3 Å². The minimum absolute atomic E-state index is 0.0208. The Labute approximate surface area is 256 Å². The van der Waals surface area contributed by atoms with Gasteiger partial charge in [0.2, 0.25) is 0 Å². The van der Waals surface area contributed by atoms with Crippen molar-refractivity contribution in [3.05, 3.63) is 146 Å². The van der Waals surface area contributed by atoms with Crippen LogP contribution in [0.15, 0.2) is 119 Å². The van der Waals surface area contributed by atoms with Crippen LogP contribution in [0.3, 0.4) is 0 Å². The number of hydrogen-bond donors (Lipinski definition) is 0. The fraction of sp³-hybridized carbons (Fsp3) is 0.118. The Hall–Kier alpha value is -5.35. The number of ether oxygens (including phenoxy) is 2. The maximum atomic E-state index is 14.2. The molecule has 2 aromatic heterocycles. The predicted molar refractivity (Wildman–Crippen MR) is 167 cm³/mol. The fourth-order valence-corrected chi connectivity index (χ4v) is 6.11. The first-order chi connectivity index (χ1) is 21.4. The molecule has 0 fully saturated rings. The summed E-state index contributed by atoms with van der Waals surface area (Å²) in [5.41, 5.74) is 3.85. The minimum Gasteiger partial charge on any atom is -0.497 e. The molecule has 8 nitrogen and oxygen atoms in total. The largest absolute Gasteiger partial charge is 0.497 e. The van der Waals surface area contributed by atoms with E-state index in [0.29, 0.717) is 43.2 Å². The molecule has 1 aliphatic heterocycles. The number of nitrogens with zero attached hydrogens (tertiary/aromatic N) is 4. The number of allylic oxidation sites excluding steroid dienone is 1. The van der Waals surface area contributed by atoms with E-state index in [4.69, 9.17) is 14.6 Å². The van der Waals surface area contributed by atoms with Gasteiger partial charge in [0.1, 0.15) is 23.9 Å². The highest BCUT2D eigenvalue weighted by Gasteiger charge is 2.33. The molecule has 1 aliphatic rings. The van der Waals surface area contributed by atoms with Crippen LogP contribution in [0, 0.1) is 5.82 Å². The smallest absolute Gasteiger partial charge is 0.338 e. The monoisotopic (exact) mass is 606 g/mol. The summed E-state index contributed by atoms with van der Waals surface area (Å²) >= 11 is 1.21. The zero-order valence-electron chi connectivity index (χ0n) is 23.9. The molecule has 0 saturated heterocycles. The lowest BCUT2D eigenvalue weighted by atomic mass is 9.96. The number of hydrogen-bond acceptors (Lipinski definition) is 7. The maximum absolute atomic E-state index is 14.2. The summed E-state index contributed by atoms with van der Waals surface area (Å²) < 4.78 is 28.2. The molecule has 3 aromatic carbocycles. The van der Waals surface area contributed by atoms with E-state index in [1.54, 1.807) is 49.1 Å². The third-order valence-corrected chi connectivity index (χ3v) is 8.16. The number of fused-ring (bicyclic) bond motifs is 1. The number of halogens is 1. The van der Waals surface area contributed by atoms with Crippen molar-refractivity contribution in [2.45, 2.75) is 13.0 Å². The van der Waals surface area contributed by atoms with Crippen LogP contribution < -0.4 is 19.6 Å². The van der Waals surface area contributed by atoms with Crippen molar-refractivity contribution in [1.29, 1.82) is 0 Å². The Bertz CT molecular complexity index is 2080. The van der Waals surface area contributed by atoms with Crippen LogP contribution in [0.25, 0.3) is 23.0 Å². The van der Waals surface area contributed by atoms with Gasteiger partial charge in [-0.2, -0.15) is 5.10 Å². The Morgan fingerprint density at radius 1 is 1.07 bits per heavy atom. The van der Waals surface area contributed by atoms with Gasteiger partial charge in [-0.25, -0.2) is 18.9 Å². The summed E-state index contributed by atoms with van der Waals surface area (Å²) in [6, 6.07) is 22.0. The zero-order valence-corrected chi connectivity index (χ0v) is 24.8. The highest BCUT2D eigenvalue weighted by atomic mass is 32.1. The Morgan fingerprint density at radius 3 is 2.48 bits per heavy atom. The van der Waals surface area contributed by atoms with E-state index in [1.807, 2.05) is 48.7 Å². The molecule has 0 unspecified atom stereocenters. The number of carbonyl (C=O) groups excluding carboxylic acids is 1. The van der Waals surface area contributed by atoms with Crippen molar-refractivity contribution in [3.8, 4) is 22.7 Å². The van der Waals surface area contributed by atoms with Gasteiger partial charge in [-0.3, -0.25) is 9.36 Å². The van der Waals surface area contributed by atoms with Crippen LogP contribution in [0.2, 0.25) is 0 Å². The Balaban J connectivity index is 1.54. The van der Waals surface area contributed by atoms with Crippen molar-refractivity contribution < 1.29 is 18.7 Å². The molecule has 0 amide bonds.